The zero-order valence-corrected chi connectivity index (χ0v) is 8.54. The molecule has 4 N–H and O–H groups in total. The van der Waals surface area contributed by atoms with Gasteiger partial charge in [0.25, 0.3) is 0 Å². The van der Waals surface area contributed by atoms with Gasteiger partial charge in [0, 0.05) is 17.8 Å². The molecule has 0 saturated heterocycles. The van der Waals surface area contributed by atoms with Crippen molar-refractivity contribution in [3.63, 3.8) is 0 Å². The summed E-state index contributed by atoms with van der Waals surface area (Å²) in [6, 6.07) is 4.17. The van der Waals surface area contributed by atoms with Gasteiger partial charge in [-0.1, -0.05) is 0 Å². The molecular weight excluding hydrogens is 204 g/mol. The van der Waals surface area contributed by atoms with Gasteiger partial charge in [0.1, 0.15) is 5.75 Å². The quantitative estimate of drug-likeness (QED) is 0.711. The predicted octanol–water partition coefficient (Wildman–Crippen LogP) is 0.315. The lowest BCUT2D eigenvalue weighted by molar-refractivity contribution is 0.339. The summed E-state index contributed by atoms with van der Waals surface area (Å²) >= 11 is 0. The molecule has 0 spiro atoms. The predicted molar refractivity (Wildman–Crippen MR) is 53.4 cm³/mol. The summed E-state index contributed by atoms with van der Waals surface area (Å²) in [7, 11) is -3.73. The molecule has 1 aromatic rings. The fourth-order valence-corrected chi connectivity index (χ4v) is 1.59. The van der Waals surface area contributed by atoms with Gasteiger partial charge in [-0.05, 0) is 13.0 Å². The summed E-state index contributed by atoms with van der Waals surface area (Å²) in [6.07, 6.45) is 0. The molecule has 0 fully saturated rings. The van der Waals surface area contributed by atoms with Crippen molar-refractivity contribution in [3.05, 3.63) is 18.2 Å². The van der Waals surface area contributed by atoms with Crippen LogP contribution in [0.2, 0.25) is 0 Å². The lowest BCUT2D eigenvalue weighted by Gasteiger charge is -2.06. The second-order valence-electron chi connectivity index (χ2n) is 2.72. The van der Waals surface area contributed by atoms with Crippen LogP contribution in [0.4, 0.5) is 5.69 Å². The molecule has 0 aliphatic heterocycles. The Hall–Kier alpha value is -1.27. The maximum absolute atomic E-state index is 11.0. The molecule has 0 aliphatic carbocycles. The normalized spacial score (nSPS) is 11.3. The molecule has 5 nitrogen and oxygen atoms in total. The van der Waals surface area contributed by atoms with Crippen LogP contribution in [0.25, 0.3) is 0 Å². The van der Waals surface area contributed by atoms with E-state index >= 15 is 0 Å². The van der Waals surface area contributed by atoms with Gasteiger partial charge >= 0.3 is 0 Å². The standard InChI is InChI=1S/C8H12N2O3S/c1-2-13-7-3-6(9)4-8(5-7)14(10,11)12/h3-5H,2,9H2,1H3,(H2,10,11,12). The SMILES string of the molecule is CCOc1cc(N)cc(S(N)(=O)=O)c1. The molecule has 0 aromatic heterocycles. The van der Waals surface area contributed by atoms with Gasteiger partial charge in [-0.15, -0.1) is 0 Å². The Bertz CT molecular complexity index is 428. The molecular formula is C8H12N2O3S. The zero-order chi connectivity index (χ0) is 10.8. The Kier molecular flexibility index (Phi) is 2.97. The van der Waals surface area contributed by atoms with Gasteiger partial charge in [-0.2, -0.15) is 0 Å². The lowest BCUT2D eigenvalue weighted by atomic mass is 10.3. The van der Waals surface area contributed by atoms with Crippen molar-refractivity contribution >= 4 is 15.7 Å². The minimum atomic E-state index is -3.73. The summed E-state index contributed by atoms with van der Waals surface area (Å²) in [4.78, 5) is -0.0408. The van der Waals surface area contributed by atoms with Crippen molar-refractivity contribution in [2.45, 2.75) is 11.8 Å². The monoisotopic (exact) mass is 216 g/mol. The lowest BCUT2D eigenvalue weighted by Crippen LogP contribution is -2.12. The van der Waals surface area contributed by atoms with Crippen LogP contribution in [0.5, 0.6) is 5.75 Å². The first-order valence-electron chi connectivity index (χ1n) is 3.99. The van der Waals surface area contributed by atoms with Crippen LogP contribution in [-0.4, -0.2) is 15.0 Å². The van der Waals surface area contributed by atoms with Crippen LogP contribution in [0.15, 0.2) is 23.1 Å². The Morgan fingerprint density at radius 1 is 1.36 bits per heavy atom. The average Bonchev–Trinajstić information content (AvgIpc) is 2.02. The smallest absolute Gasteiger partial charge is 0.238 e. The number of hydrogen-bond donors (Lipinski definition) is 2. The van der Waals surface area contributed by atoms with E-state index in [0.29, 0.717) is 18.0 Å². The third-order valence-corrected chi connectivity index (χ3v) is 2.43. The van der Waals surface area contributed by atoms with Crippen LogP contribution in [0, 0.1) is 0 Å². The van der Waals surface area contributed by atoms with Gasteiger partial charge in [0.2, 0.25) is 10.0 Å². The summed E-state index contributed by atoms with van der Waals surface area (Å²) in [5.41, 5.74) is 5.79. The van der Waals surface area contributed by atoms with Crippen LogP contribution in [0.3, 0.4) is 0 Å². The number of ether oxygens (including phenoxy) is 1. The van der Waals surface area contributed by atoms with Gasteiger partial charge in [0.05, 0.1) is 11.5 Å². The first kappa shape index (κ1) is 10.8. The van der Waals surface area contributed by atoms with E-state index in [4.69, 9.17) is 15.6 Å². The van der Waals surface area contributed by atoms with Gasteiger partial charge in [0.15, 0.2) is 0 Å². The molecule has 78 valence electrons. The van der Waals surface area contributed by atoms with E-state index in [1.165, 1.54) is 18.2 Å². The first-order valence-corrected chi connectivity index (χ1v) is 5.54. The molecule has 0 aliphatic rings. The van der Waals surface area contributed by atoms with Crippen molar-refractivity contribution in [1.29, 1.82) is 0 Å². The number of nitrogens with two attached hydrogens (primary N) is 2. The van der Waals surface area contributed by atoms with Crippen LogP contribution >= 0.6 is 0 Å². The van der Waals surface area contributed by atoms with Crippen molar-refractivity contribution in [2.24, 2.45) is 5.14 Å². The summed E-state index contributed by atoms with van der Waals surface area (Å²) in [5.74, 6) is 0.400. The Balaban J connectivity index is 3.21. The fourth-order valence-electron chi connectivity index (χ4n) is 1.01. The first-order chi connectivity index (χ1) is 6.43. The molecule has 0 bridgehead atoms. The van der Waals surface area contributed by atoms with Crippen LogP contribution in [0.1, 0.15) is 6.92 Å². The van der Waals surface area contributed by atoms with E-state index in [1.807, 2.05) is 0 Å². The largest absolute Gasteiger partial charge is 0.494 e. The summed E-state index contributed by atoms with van der Waals surface area (Å²) < 4.78 is 27.1. The van der Waals surface area contributed by atoms with E-state index in [1.54, 1.807) is 6.92 Å². The average molecular weight is 216 g/mol. The van der Waals surface area contributed by atoms with Gasteiger partial charge in [-0.3, -0.25) is 0 Å². The van der Waals surface area contributed by atoms with E-state index in [-0.39, 0.29) is 4.90 Å². The third-order valence-electron chi connectivity index (χ3n) is 1.54. The minimum absolute atomic E-state index is 0.0408. The number of anilines is 1. The number of sulfonamides is 1. The Morgan fingerprint density at radius 3 is 2.50 bits per heavy atom. The Labute approximate surface area is 82.7 Å². The molecule has 0 atom stereocenters. The minimum Gasteiger partial charge on any atom is -0.494 e. The van der Waals surface area contributed by atoms with Gasteiger partial charge < -0.3 is 10.5 Å². The number of primary sulfonamides is 1. The molecule has 1 rings (SSSR count). The van der Waals surface area contributed by atoms with Crippen molar-refractivity contribution in [3.8, 4) is 5.75 Å². The topological polar surface area (TPSA) is 95.4 Å². The van der Waals surface area contributed by atoms with E-state index < -0.39 is 10.0 Å². The van der Waals surface area contributed by atoms with E-state index in [9.17, 15) is 8.42 Å². The van der Waals surface area contributed by atoms with E-state index in [0.717, 1.165) is 0 Å². The second kappa shape index (κ2) is 3.85. The summed E-state index contributed by atoms with van der Waals surface area (Å²) in [6.45, 7) is 2.23. The van der Waals surface area contributed by atoms with Crippen molar-refractivity contribution in [2.75, 3.05) is 12.3 Å². The van der Waals surface area contributed by atoms with E-state index in [2.05, 4.69) is 0 Å². The van der Waals surface area contributed by atoms with Crippen LogP contribution < -0.4 is 15.6 Å². The van der Waals surface area contributed by atoms with Gasteiger partial charge in [-0.25, -0.2) is 13.6 Å². The highest BCUT2D eigenvalue weighted by molar-refractivity contribution is 7.89. The second-order valence-corrected chi connectivity index (χ2v) is 4.28. The number of nitrogen functional groups attached to an aromatic ring is 1. The van der Waals surface area contributed by atoms with Crippen molar-refractivity contribution in [1.82, 2.24) is 0 Å². The number of rotatable bonds is 3. The number of hydrogen-bond acceptors (Lipinski definition) is 4. The molecule has 0 heterocycles. The molecule has 14 heavy (non-hydrogen) atoms. The highest BCUT2D eigenvalue weighted by Crippen LogP contribution is 2.21. The molecule has 6 heteroatoms. The fraction of sp³-hybridized carbons (Fsp3) is 0.250. The zero-order valence-electron chi connectivity index (χ0n) is 7.73. The molecule has 1 aromatic carbocycles. The highest BCUT2D eigenvalue weighted by atomic mass is 32.2. The third kappa shape index (κ3) is 2.61. The van der Waals surface area contributed by atoms with Crippen LogP contribution in [-0.2, 0) is 10.0 Å². The molecule has 0 amide bonds. The maximum Gasteiger partial charge on any atom is 0.238 e. The molecule has 0 saturated carbocycles. The summed E-state index contributed by atoms with van der Waals surface area (Å²) in [5, 5.41) is 4.95. The molecule has 0 radical (unpaired) electrons. The maximum atomic E-state index is 11.0. The Morgan fingerprint density at radius 2 is 2.00 bits per heavy atom. The number of benzene rings is 1. The van der Waals surface area contributed by atoms with Crippen molar-refractivity contribution < 1.29 is 13.2 Å². The highest BCUT2D eigenvalue weighted by Gasteiger charge is 2.10. The molecule has 0 unspecified atom stereocenters.